The molecule has 84 valence electrons. The number of benzene rings is 1. The van der Waals surface area contributed by atoms with Crippen LogP contribution in [0.2, 0.25) is 5.02 Å². The Balaban J connectivity index is 2.73. The molecule has 0 unspecified atom stereocenters. The van der Waals surface area contributed by atoms with Crippen molar-refractivity contribution >= 4 is 17.4 Å². The van der Waals surface area contributed by atoms with Crippen molar-refractivity contribution in [2.75, 3.05) is 5.73 Å². The Morgan fingerprint density at radius 3 is 2.62 bits per heavy atom. The van der Waals surface area contributed by atoms with Gasteiger partial charge in [0.05, 0.1) is 5.02 Å². The summed E-state index contributed by atoms with van der Waals surface area (Å²) in [4.78, 5) is 0. The quantitative estimate of drug-likeness (QED) is 0.759. The molecular formula is C9H5ClF2N2O2. The maximum atomic E-state index is 13.6. The molecule has 2 aromatic rings. The molecule has 0 aliphatic carbocycles. The minimum atomic E-state index is -1.06. The zero-order chi connectivity index (χ0) is 11.9. The molecule has 0 fully saturated rings. The van der Waals surface area contributed by atoms with E-state index in [1.807, 2.05) is 0 Å². The SMILES string of the molecule is Nc1cc(-c2c(O)c(F)cc(Cl)c2F)on1. The van der Waals surface area contributed by atoms with Crippen LogP contribution < -0.4 is 5.73 Å². The van der Waals surface area contributed by atoms with Crippen LogP contribution in [0, 0.1) is 11.6 Å². The van der Waals surface area contributed by atoms with E-state index < -0.39 is 28.0 Å². The van der Waals surface area contributed by atoms with Crippen LogP contribution >= 0.6 is 11.6 Å². The van der Waals surface area contributed by atoms with Gasteiger partial charge < -0.3 is 15.4 Å². The molecule has 7 heteroatoms. The van der Waals surface area contributed by atoms with Crippen molar-refractivity contribution in [2.24, 2.45) is 0 Å². The number of nitrogens with zero attached hydrogens (tertiary/aromatic N) is 1. The summed E-state index contributed by atoms with van der Waals surface area (Å²) >= 11 is 5.43. The van der Waals surface area contributed by atoms with Gasteiger partial charge in [0.2, 0.25) is 0 Å². The van der Waals surface area contributed by atoms with E-state index in [2.05, 4.69) is 9.68 Å². The predicted octanol–water partition coefficient (Wildman–Crippen LogP) is 2.56. The standard InChI is InChI=1S/C9H5ClF2N2O2/c10-3-1-4(11)9(15)7(8(3)12)5-2-6(13)14-16-5/h1-2,15H,(H2,13,14). The van der Waals surface area contributed by atoms with E-state index in [9.17, 15) is 13.9 Å². The van der Waals surface area contributed by atoms with Crippen LogP contribution in [0.15, 0.2) is 16.7 Å². The van der Waals surface area contributed by atoms with Crippen molar-refractivity contribution < 1.29 is 18.4 Å². The topological polar surface area (TPSA) is 72.3 Å². The molecule has 0 aliphatic rings. The molecule has 3 N–H and O–H groups in total. The van der Waals surface area contributed by atoms with E-state index in [1.54, 1.807) is 0 Å². The summed E-state index contributed by atoms with van der Waals surface area (Å²) in [6.07, 6.45) is 0. The largest absolute Gasteiger partial charge is 0.504 e. The Bertz CT molecular complexity index is 530. The van der Waals surface area contributed by atoms with Crippen molar-refractivity contribution in [1.29, 1.82) is 0 Å². The smallest absolute Gasteiger partial charge is 0.175 e. The number of phenolic OH excluding ortho intramolecular Hbond substituents is 1. The molecule has 16 heavy (non-hydrogen) atoms. The molecule has 0 radical (unpaired) electrons. The van der Waals surface area contributed by atoms with Crippen LogP contribution in [0.1, 0.15) is 0 Å². The first-order valence-electron chi connectivity index (χ1n) is 4.09. The van der Waals surface area contributed by atoms with Crippen LogP contribution in [0.3, 0.4) is 0 Å². The van der Waals surface area contributed by atoms with Gasteiger partial charge in [0.15, 0.2) is 29.0 Å². The molecule has 0 bridgehead atoms. The molecule has 0 aliphatic heterocycles. The number of anilines is 1. The van der Waals surface area contributed by atoms with Crippen molar-refractivity contribution in [3.05, 3.63) is 28.8 Å². The zero-order valence-electron chi connectivity index (χ0n) is 7.67. The lowest BCUT2D eigenvalue weighted by molar-refractivity contribution is 0.410. The summed E-state index contributed by atoms with van der Waals surface area (Å²) in [6, 6.07) is 1.81. The third-order valence-corrected chi connectivity index (χ3v) is 2.20. The molecule has 0 saturated carbocycles. The van der Waals surface area contributed by atoms with E-state index in [0.717, 1.165) is 6.07 Å². The number of hydrogen-bond donors (Lipinski definition) is 2. The summed E-state index contributed by atoms with van der Waals surface area (Å²) in [5.41, 5.74) is 4.75. The second kappa shape index (κ2) is 3.64. The fraction of sp³-hybridized carbons (Fsp3) is 0. The van der Waals surface area contributed by atoms with Gasteiger partial charge in [0.25, 0.3) is 0 Å². The number of rotatable bonds is 1. The minimum Gasteiger partial charge on any atom is -0.504 e. The van der Waals surface area contributed by atoms with Gasteiger partial charge >= 0.3 is 0 Å². The van der Waals surface area contributed by atoms with Crippen molar-refractivity contribution in [3.63, 3.8) is 0 Å². The van der Waals surface area contributed by atoms with Gasteiger partial charge in [-0.2, -0.15) is 0 Å². The third-order valence-electron chi connectivity index (χ3n) is 1.92. The maximum absolute atomic E-state index is 13.6. The van der Waals surface area contributed by atoms with Gasteiger partial charge in [-0.25, -0.2) is 8.78 Å². The normalized spacial score (nSPS) is 10.7. The van der Waals surface area contributed by atoms with E-state index in [0.29, 0.717) is 6.07 Å². The highest BCUT2D eigenvalue weighted by molar-refractivity contribution is 6.31. The molecule has 2 rings (SSSR count). The van der Waals surface area contributed by atoms with Gasteiger partial charge in [-0.1, -0.05) is 16.8 Å². The highest BCUT2D eigenvalue weighted by Gasteiger charge is 2.21. The maximum Gasteiger partial charge on any atom is 0.175 e. The summed E-state index contributed by atoms with van der Waals surface area (Å²) < 4.78 is 31.3. The second-order valence-corrected chi connectivity index (χ2v) is 3.40. The Morgan fingerprint density at radius 1 is 1.38 bits per heavy atom. The Hall–Kier alpha value is -1.82. The lowest BCUT2D eigenvalue weighted by Crippen LogP contribution is -1.89. The van der Waals surface area contributed by atoms with Crippen molar-refractivity contribution in [2.45, 2.75) is 0 Å². The summed E-state index contributed by atoms with van der Waals surface area (Å²) in [7, 11) is 0. The average molecular weight is 247 g/mol. The van der Waals surface area contributed by atoms with Crippen molar-refractivity contribution in [3.8, 4) is 17.1 Å². The van der Waals surface area contributed by atoms with Gasteiger partial charge in [0, 0.05) is 6.07 Å². The van der Waals surface area contributed by atoms with Crippen LogP contribution in [0.4, 0.5) is 14.6 Å². The molecule has 4 nitrogen and oxygen atoms in total. The summed E-state index contributed by atoms with van der Waals surface area (Å²) in [5, 5.41) is 12.2. The lowest BCUT2D eigenvalue weighted by atomic mass is 10.1. The average Bonchev–Trinajstić information content (AvgIpc) is 2.62. The molecular weight excluding hydrogens is 242 g/mol. The van der Waals surface area contributed by atoms with Gasteiger partial charge in [-0.15, -0.1) is 0 Å². The number of halogens is 3. The van der Waals surface area contributed by atoms with Gasteiger partial charge in [0.1, 0.15) is 5.56 Å². The Kier molecular flexibility index (Phi) is 2.43. The number of hydrogen-bond acceptors (Lipinski definition) is 4. The Morgan fingerprint density at radius 2 is 2.06 bits per heavy atom. The van der Waals surface area contributed by atoms with Gasteiger partial charge in [-0.3, -0.25) is 0 Å². The molecule has 1 aromatic carbocycles. The second-order valence-electron chi connectivity index (χ2n) is 2.99. The number of aromatic nitrogens is 1. The minimum absolute atomic E-state index is 0.0193. The van der Waals surface area contributed by atoms with E-state index in [-0.39, 0.29) is 11.6 Å². The third kappa shape index (κ3) is 1.57. The van der Waals surface area contributed by atoms with Crippen molar-refractivity contribution in [1.82, 2.24) is 5.16 Å². The number of phenols is 1. The molecule has 0 saturated heterocycles. The first kappa shape index (κ1) is 10.7. The molecule has 0 amide bonds. The Labute approximate surface area is 93.2 Å². The first-order chi connectivity index (χ1) is 7.50. The lowest BCUT2D eigenvalue weighted by Gasteiger charge is -2.04. The monoisotopic (exact) mass is 246 g/mol. The number of nitrogen functional groups attached to an aromatic ring is 1. The zero-order valence-corrected chi connectivity index (χ0v) is 8.42. The molecule has 0 spiro atoms. The van der Waals surface area contributed by atoms with E-state index in [4.69, 9.17) is 17.3 Å². The molecule has 0 atom stereocenters. The van der Waals surface area contributed by atoms with Gasteiger partial charge in [-0.05, 0) is 6.07 Å². The summed E-state index contributed by atoms with van der Waals surface area (Å²) in [5.74, 6) is -3.19. The highest BCUT2D eigenvalue weighted by atomic mass is 35.5. The van der Waals surface area contributed by atoms with Crippen LogP contribution in [-0.4, -0.2) is 10.3 Å². The number of aromatic hydroxyl groups is 1. The molecule has 1 heterocycles. The van der Waals surface area contributed by atoms with E-state index >= 15 is 0 Å². The summed E-state index contributed by atoms with van der Waals surface area (Å²) in [6.45, 7) is 0. The first-order valence-corrected chi connectivity index (χ1v) is 4.47. The fourth-order valence-corrected chi connectivity index (χ4v) is 1.41. The highest BCUT2D eigenvalue weighted by Crippen LogP contribution is 2.38. The predicted molar refractivity (Wildman–Crippen MR) is 52.9 cm³/mol. The van der Waals surface area contributed by atoms with Crippen LogP contribution in [0.5, 0.6) is 5.75 Å². The van der Waals surface area contributed by atoms with E-state index in [1.165, 1.54) is 0 Å². The molecule has 1 aromatic heterocycles. The van der Waals surface area contributed by atoms with Crippen LogP contribution in [-0.2, 0) is 0 Å². The van der Waals surface area contributed by atoms with Crippen LogP contribution in [0.25, 0.3) is 11.3 Å². The number of nitrogens with two attached hydrogens (primary N) is 1. The fourth-order valence-electron chi connectivity index (χ4n) is 1.22.